The molecule has 2 amide bonds. The fourth-order valence-corrected chi connectivity index (χ4v) is 5.46. The van der Waals surface area contributed by atoms with Crippen molar-refractivity contribution in [1.82, 2.24) is 9.47 Å². The maximum atomic E-state index is 12.6. The van der Waals surface area contributed by atoms with Crippen LogP contribution in [0.15, 0.2) is 35.2 Å². The first-order valence-electron chi connectivity index (χ1n) is 11.0. The Kier molecular flexibility index (Phi) is 6.55. The van der Waals surface area contributed by atoms with Crippen LogP contribution in [0.2, 0.25) is 0 Å². The van der Waals surface area contributed by atoms with E-state index in [-0.39, 0.29) is 6.54 Å². The Balaban J connectivity index is 1.58. The van der Waals surface area contributed by atoms with Crippen molar-refractivity contribution in [2.75, 3.05) is 13.7 Å². The number of aromatic nitrogens is 1. The zero-order valence-electron chi connectivity index (χ0n) is 18.7. The first-order valence-corrected chi connectivity index (χ1v) is 11.8. The van der Waals surface area contributed by atoms with Gasteiger partial charge in [-0.05, 0) is 79.8 Å². The summed E-state index contributed by atoms with van der Waals surface area (Å²) in [5, 5.41) is -0.459. The van der Waals surface area contributed by atoms with Crippen LogP contribution in [0.5, 0.6) is 0 Å². The SMILES string of the molecule is COC(=O)CN1C(=O)S/C(=C\c2cc(C)n(-c3ccc(C4CCCCC4)cc3)c2C)C1=O. The molecule has 2 aromatic rings. The van der Waals surface area contributed by atoms with E-state index in [4.69, 9.17) is 0 Å². The number of esters is 1. The van der Waals surface area contributed by atoms with Crippen LogP contribution < -0.4 is 0 Å². The summed E-state index contributed by atoms with van der Waals surface area (Å²) in [6.07, 6.45) is 8.26. The van der Waals surface area contributed by atoms with Crippen molar-refractivity contribution in [2.45, 2.75) is 51.9 Å². The number of amides is 2. The summed E-state index contributed by atoms with van der Waals surface area (Å²) in [5.74, 6) is -0.420. The van der Waals surface area contributed by atoms with E-state index < -0.39 is 17.1 Å². The fraction of sp³-hybridized carbons (Fsp3) is 0.400. The highest BCUT2D eigenvalue weighted by Crippen LogP contribution is 2.35. The van der Waals surface area contributed by atoms with Crippen molar-refractivity contribution in [2.24, 2.45) is 0 Å². The molecule has 32 heavy (non-hydrogen) atoms. The van der Waals surface area contributed by atoms with Crippen LogP contribution in [0.4, 0.5) is 4.79 Å². The molecule has 1 aliphatic carbocycles. The molecule has 0 atom stereocenters. The molecular weight excluding hydrogens is 424 g/mol. The van der Waals surface area contributed by atoms with Gasteiger partial charge >= 0.3 is 5.97 Å². The second-order valence-corrected chi connectivity index (χ2v) is 9.43. The Morgan fingerprint density at radius 3 is 2.47 bits per heavy atom. The highest BCUT2D eigenvalue weighted by molar-refractivity contribution is 8.18. The van der Waals surface area contributed by atoms with Crippen molar-refractivity contribution < 1.29 is 19.1 Å². The molecule has 1 aromatic carbocycles. The minimum absolute atomic E-state index is 0.312. The average Bonchev–Trinajstić information content (AvgIpc) is 3.23. The van der Waals surface area contributed by atoms with Crippen LogP contribution in [-0.2, 0) is 14.3 Å². The standard InChI is InChI=1S/C25H28N2O4S/c1-16-13-20(14-22-24(29)26(25(30)32-22)15-23(28)31-3)17(2)27(16)21-11-9-19(10-12-21)18-7-5-4-6-8-18/h9-14,18H,4-8,15H2,1-3H3/b22-14-. The quantitative estimate of drug-likeness (QED) is 0.452. The van der Waals surface area contributed by atoms with Gasteiger partial charge in [-0.1, -0.05) is 31.4 Å². The third-order valence-corrected chi connectivity index (χ3v) is 7.28. The Bertz CT molecular complexity index is 1080. The third-order valence-electron chi connectivity index (χ3n) is 6.37. The van der Waals surface area contributed by atoms with Gasteiger partial charge in [-0.15, -0.1) is 0 Å². The predicted octanol–water partition coefficient (Wildman–Crippen LogP) is 5.35. The van der Waals surface area contributed by atoms with Crippen LogP contribution in [-0.4, -0.2) is 40.2 Å². The molecule has 4 rings (SSSR count). The predicted molar refractivity (Wildman–Crippen MR) is 126 cm³/mol. The molecule has 2 aliphatic rings. The lowest BCUT2D eigenvalue weighted by Gasteiger charge is -2.22. The number of imide groups is 1. The van der Waals surface area contributed by atoms with Gasteiger partial charge in [0, 0.05) is 17.1 Å². The van der Waals surface area contributed by atoms with Gasteiger partial charge in [-0.3, -0.25) is 19.3 Å². The van der Waals surface area contributed by atoms with Gasteiger partial charge in [0.25, 0.3) is 11.1 Å². The van der Waals surface area contributed by atoms with Crippen LogP contribution in [0, 0.1) is 13.8 Å². The van der Waals surface area contributed by atoms with Crippen molar-refractivity contribution in [3.63, 3.8) is 0 Å². The third kappa shape index (κ3) is 4.39. The van der Waals surface area contributed by atoms with E-state index in [0.29, 0.717) is 10.8 Å². The van der Waals surface area contributed by atoms with Gasteiger partial charge in [0.1, 0.15) is 6.54 Å². The molecule has 0 radical (unpaired) electrons. The number of benzene rings is 1. The number of hydrogen-bond donors (Lipinski definition) is 0. The van der Waals surface area contributed by atoms with Crippen molar-refractivity contribution in [3.8, 4) is 5.69 Å². The van der Waals surface area contributed by atoms with Crippen molar-refractivity contribution in [3.05, 3.63) is 57.8 Å². The molecule has 6 nitrogen and oxygen atoms in total. The molecule has 0 unspecified atom stereocenters. The number of rotatable bonds is 5. The lowest BCUT2D eigenvalue weighted by atomic mass is 9.84. The molecule has 0 spiro atoms. The summed E-state index contributed by atoms with van der Waals surface area (Å²) in [4.78, 5) is 37.6. The highest BCUT2D eigenvalue weighted by Gasteiger charge is 2.36. The lowest BCUT2D eigenvalue weighted by molar-refractivity contribution is -0.143. The summed E-state index contributed by atoms with van der Waals surface area (Å²) in [6.45, 7) is 3.67. The van der Waals surface area contributed by atoms with Crippen LogP contribution >= 0.6 is 11.8 Å². The van der Waals surface area contributed by atoms with E-state index in [1.807, 2.05) is 19.9 Å². The normalized spacial score (nSPS) is 18.6. The number of carbonyl (C=O) groups is 3. The van der Waals surface area contributed by atoms with Gasteiger partial charge in [-0.2, -0.15) is 0 Å². The van der Waals surface area contributed by atoms with Crippen molar-refractivity contribution >= 4 is 35.0 Å². The molecule has 168 valence electrons. The summed E-state index contributed by atoms with van der Waals surface area (Å²) in [7, 11) is 1.23. The Morgan fingerprint density at radius 2 is 1.81 bits per heavy atom. The molecule has 0 N–H and O–H groups in total. The van der Waals surface area contributed by atoms with E-state index in [1.54, 1.807) is 6.08 Å². The second kappa shape index (κ2) is 9.36. The number of aryl methyl sites for hydroxylation is 1. The average molecular weight is 453 g/mol. The number of nitrogens with zero attached hydrogens (tertiary/aromatic N) is 2. The smallest absolute Gasteiger partial charge is 0.325 e. The van der Waals surface area contributed by atoms with E-state index >= 15 is 0 Å². The fourth-order valence-electron chi connectivity index (χ4n) is 4.63. The second-order valence-electron chi connectivity index (χ2n) is 8.43. The topological polar surface area (TPSA) is 68.6 Å². The van der Waals surface area contributed by atoms with Crippen LogP contribution in [0.3, 0.4) is 0 Å². The lowest BCUT2D eigenvalue weighted by Crippen LogP contribution is -2.34. The maximum absolute atomic E-state index is 12.6. The number of methoxy groups -OCH3 is 1. The van der Waals surface area contributed by atoms with E-state index in [1.165, 1.54) is 44.8 Å². The molecule has 1 aromatic heterocycles. The zero-order valence-corrected chi connectivity index (χ0v) is 19.5. The number of thioether (sulfide) groups is 1. The minimum Gasteiger partial charge on any atom is -0.468 e. The number of carbonyl (C=O) groups excluding carboxylic acids is 3. The summed E-state index contributed by atoms with van der Waals surface area (Å²) in [5.41, 5.74) is 5.41. The Hall–Kier alpha value is -2.80. The Morgan fingerprint density at radius 1 is 1.12 bits per heavy atom. The van der Waals surface area contributed by atoms with Crippen molar-refractivity contribution in [1.29, 1.82) is 0 Å². The molecule has 1 aliphatic heterocycles. The van der Waals surface area contributed by atoms with Crippen LogP contribution in [0.25, 0.3) is 11.8 Å². The van der Waals surface area contributed by atoms with E-state index in [2.05, 4.69) is 33.6 Å². The number of hydrogen-bond acceptors (Lipinski definition) is 5. The monoisotopic (exact) mass is 452 g/mol. The maximum Gasteiger partial charge on any atom is 0.325 e. The zero-order chi connectivity index (χ0) is 22.8. The van der Waals surface area contributed by atoms with Gasteiger partial charge in [0.15, 0.2) is 0 Å². The molecule has 2 fully saturated rings. The highest BCUT2D eigenvalue weighted by atomic mass is 32.2. The largest absolute Gasteiger partial charge is 0.468 e. The molecule has 7 heteroatoms. The molecule has 1 saturated carbocycles. The Labute approximate surface area is 192 Å². The molecule has 1 saturated heterocycles. The molecular formula is C25H28N2O4S. The van der Waals surface area contributed by atoms with E-state index in [0.717, 1.165) is 39.3 Å². The minimum atomic E-state index is -0.622. The van der Waals surface area contributed by atoms with Gasteiger partial charge < -0.3 is 9.30 Å². The summed E-state index contributed by atoms with van der Waals surface area (Å²) < 4.78 is 6.74. The van der Waals surface area contributed by atoms with Gasteiger partial charge in [-0.25, -0.2) is 0 Å². The number of ether oxygens (including phenoxy) is 1. The van der Waals surface area contributed by atoms with Gasteiger partial charge in [0.05, 0.1) is 12.0 Å². The van der Waals surface area contributed by atoms with Crippen LogP contribution in [0.1, 0.15) is 60.5 Å². The van der Waals surface area contributed by atoms with Gasteiger partial charge in [0.2, 0.25) is 0 Å². The summed E-state index contributed by atoms with van der Waals surface area (Å²) in [6, 6.07) is 10.8. The summed E-state index contributed by atoms with van der Waals surface area (Å²) >= 11 is 0.848. The first kappa shape index (κ1) is 22.4. The molecule has 2 heterocycles. The first-order chi connectivity index (χ1) is 15.4. The molecule has 0 bridgehead atoms. The van der Waals surface area contributed by atoms with E-state index in [9.17, 15) is 14.4 Å².